The van der Waals surface area contributed by atoms with Crippen LogP contribution in [0.4, 0.5) is 0 Å². The Morgan fingerprint density at radius 3 is 2.05 bits per heavy atom. The lowest BCUT2D eigenvalue weighted by molar-refractivity contribution is -0.178. The Balaban J connectivity index is 3.21. The van der Waals surface area contributed by atoms with Crippen LogP contribution in [0.2, 0.25) is 0 Å². The molecule has 1 saturated carbocycles. The van der Waals surface area contributed by atoms with E-state index in [0.717, 1.165) is 5.57 Å². The maximum atomic E-state index is 12.1. The maximum absolute atomic E-state index is 12.1. The second-order valence-corrected chi connectivity index (χ2v) is 5.81. The van der Waals surface area contributed by atoms with Crippen molar-refractivity contribution in [2.75, 3.05) is 14.2 Å². The highest BCUT2D eigenvalue weighted by atomic mass is 16.5. The van der Waals surface area contributed by atoms with E-state index in [2.05, 4.69) is 0 Å². The van der Waals surface area contributed by atoms with Gasteiger partial charge in [0, 0.05) is 6.42 Å². The minimum atomic E-state index is -1.41. The van der Waals surface area contributed by atoms with Gasteiger partial charge in [0.2, 0.25) is 0 Å². The van der Waals surface area contributed by atoms with Crippen molar-refractivity contribution in [3.8, 4) is 0 Å². The van der Waals surface area contributed by atoms with Gasteiger partial charge < -0.3 is 14.6 Å². The van der Waals surface area contributed by atoms with Crippen LogP contribution in [0.25, 0.3) is 0 Å². The second kappa shape index (κ2) is 6.39. The molecule has 5 heteroatoms. The minimum Gasteiger partial charge on any atom is -0.468 e. The van der Waals surface area contributed by atoms with Gasteiger partial charge in [-0.15, -0.1) is 0 Å². The molecule has 1 rings (SSSR count). The molecule has 0 saturated heterocycles. The summed E-state index contributed by atoms with van der Waals surface area (Å²) in [7, 11) is 2.49. The number of allylic oxidation sites excluding steroid dienone is 2. The zero-order valence-electron chi connectivity index (χ0n) is 12.8. The van der Waals surface area contributed by atoms with Gasteiger partial charge in [0.05, 0.1) is 20.3 Å². The van der Waals surface area contributed by atoms with Gasteiger partial charge in [0.15, 0.2) is 5.41 Å². The van der Waals surface area contributed by atoms with Gasteiger partial charge in [-0.3, -0.25) is 9.59 Å². The van der Waals surface area contributed by atoms with Crippen LogP contribution < -0.4 is 0 Å². The van der Waals surface area contributed by atoms with E-state index in [0.29, 0.717) is 6.42 Å². The van der Waals surface area contributed by atoms with Gasteiger partial charge >= 0.3 is 11.9 Å². The molecule has 5 nitrogen and oxygen atoms in total. The third-order valence-electron chi connectivity index (χ3n) is 4.12. The highest BCUT2D eigenvalue weighted by Crippen LogP contribution is 2.45. The fourth-order valence-corrected chi connectivity index (χ4v) is 2.95. The molecule has 114 valence electrons. The van der Waals surface area contributed by atoms with Crippen molar-refractivity contribution in [1.82, 2.24) is 0 Å². The third-order valence-corrected chi connectivity index (χ3v) is 4.12. The molecule has 3 atom stereocenters. The van der Waals surface area contributed by atoms with E-state index in [1.807, 2.05) is 26.8 Å². The molecule has 0 heterocycles. The van der Waals surface area contributed by atoms with Crippen molar-refractivity contribution in [1.29, 1.82) is 0 Å². The van der Waals surface area contributed by atoms with E-state index in [1.54, 1.807) is 0 Å². The number of aliphatic hydroxyl groups is 1. The molecule has 0 aliphatic heterocycles. The number of aliphatic hydroxyl groups excluding tert-OH is 1. The summed E-state index contributed by atoms with van der Waals surface area (Å²) in [6.07, 6.45) is 1.59. The van der Waals surface area contributed by atoms with Gasteiger partial charge in [0.25, 0.3) is 0 Å². The van der Waals surface area contributed by atoms with Crippen molar-refractivity contribution in [3.05, 3.63) is 11.6 Å². The molecule has 0 spiro atoms. The highest BCUT2D eigenvalue weighted by molar-refractivity contribution is 6.00. The molecule has 0 radical (unpaired) electrons. The molecule has 20 heavy (non-hydrogen) atoms. The van der Waals surface area contributed by atoms with E-state index < -0.39 is 23.5 Å². The summed E-state index contributed by atoms with van der Waals surface area (Å²) in [6, 6.07) is 0. The Hall–Kier alpha value is -1.36. The predicted octanol–water partition coefficient (Wildman–Crippen LogP) is 1.69. The standard InChI is InChI=1S/C15H24O5/c1-9(2)6-11-7-15(13(17)19-4,14(18)20-5)8-12(16)10(11)3/h6,10-12,16H,7-8H2,1-5H3/t10-,11-,12-/m1/s1. The Labute approximate surface area is 119 Å². The van der Waals surface area contributed by atoms with Crippen molar-refractivity contribution in [2.24, 2.45) is 17.3 Å². The van der Waals surface area contributed by atoms with E-state index in [1.165, 1.54) is 14.2 Å². The highest BCUT2D eigenvalue weighted by Gasteiger charge is 2.55. The summed E-state index contributed by atoms with van der Waals surface area (Å²) >= 11 is 0. The number of methoxy groups -OCH3 is 2. The number of rotatable bonds is 3. The number of esters is 2. The van der Waals surface area contributed by atoms with Crippen LogP contribution in [0.15, 0.2) is 11.6 Å². The van der Waals surface area contributed by atoms with Crippen LogP contribution in [0.5, 0.6) is 0 Å². The summed E-state index contributed by atoms with van der Waals surface area (Å²) in [5.41, 5.74) is -0.328. The van der Waals surface area contributed by atoms with E-state index in [-0.39, 0.29) is 18.3 Å². The molecule has 0 aromatic heterocycles. The van der Waals surface area contributed by atoms with Gasteiger partial charge in [-0.05, 0) is 32.1 Å². The normalized spacial score (nSPS) is 28.4. The first kappa shape index (κ1) is 16.7. The Morgan fingerprint density at radius 1 is 1.15 bits per heavy atom. The lowest BCUT2D eigenvalue weighted by Crippen LogP contribution is -2.51. The fraction of sp³-hybridized carbons (Fsp3) is 0.733. The maximum Gasteiger partial charge on any atom is 0.323 e. The quantitative estimate of drug-likeness (QED) is 0.485. The largest absolute Gasteiger partial charge is 0.468 e. The Kier molecular flexibility index (Phi) is 5.34. The van der Waals surface area contributed by atoms with Gasteiger partial charge in [-0.2, -0.15) is 0 Å². The van der Waals surface area contributed by atoms with E-state index in [9.17, 15) is 14.7 Å². The number of carbonyl (C=O) groups excluding carboxylic acids is 2. The summed E-state index contributed by atoms with van der Waals surface area (Å²) in [5.74, 6) is -1.36. The van der Waals surface area contributed by atoms with Crippen molar-refractivity contribution in [2.45, 2.75) is 39.7 Å². The number of hydrogen-bond donors (Lipinski definition) is 1. The van der Waals surface area contributed by atoms with Crippen molar-refractivity contribution < 1.29 is 24.2 Å². The van der Waals surface area contributed by atoms with Crippen LogP contribution in [0.1, 0.15) is 33.6 Å². The smallest absolute Gasteiger partial charge is 0.323 e. The SMILES string of the molecule is COC(=O)C1(C(=O)OC)C[C@@H](O)[C@H](C)[C@H](C=C(C)C)C1. The zero-order valence-corrected chi connectivity index (χ0v) is 12.8. The van der Waals surface area contributed by atoms with Crippen LogP contribution >= 0.6 is 0 Å². The predicted molar refractivity (Wildman–Crippen MR) is 73.8 cm³/mol. The first-order chi connectivity index (χ1) is 9.28. The van der Waals surface area contributed by atoms with E-state index >= 15 is 0 Å². The average Bonchev–Trinajstić information content (AvgIpc) is 2.41. The Morgan fingerprint density at radius 2 is 1.65 bits per heavy atom. The molecular formula is C15H24O5. The Bertz CT molecular complexity index is 392. The summed E-state index contributed by atoms with van der Waals surface area (Å²) in [4.78, 5) is 24.2. The summed E-state index contributed by atoms with van der Waals surface area (Å²) in [6.45, 7) is 5.82. The van der Waals surface area contributed by atoms with Gasteiger partial charge in [-0.25, -0.2) is 0 Å². The minimum absolute atomic E-state index is 0.0210. The molecule has 0 amide bonds. The first-order valence-electron chi connectivity index (χ1n) is 6.78. The molecule has 0 bridgehead atoms. The van der Waals surface area contributed by atoms with Crippen LogP contribution in [-0.4, -0.2) is 37.4 Å². The van der Waals surface area contributed by atoms with Crippen molar-refractivity contribution in [3.63, 3.8) is 0 Å². The second-order valence-electron chi connectivity index (χ2n) is 5.81. The van der Waals surface area contributed by atoms with Crippen LogP contribution in [-0.2, 0) is 19.1 Å². The van der Waals surface area contributed by atoms with Crippen molar-refractivity contribution >= 4 is 11.9 Å². The number of carbonyl (C=O) groups is 2. The molecule has 1 fully saturated rings. The molecule has 0 unspecified atom stereocenters. The lowest BCUT2D eigenvalue weighted by Gasteiger charge is -2.41. The van der Waals surface area contributed by atoms with Crippen LogP contribution in [0, 0.1) is 17.3 Å². The summed E-state index contributed by atoms with van der Waals surface area (Å²) in [5, 5.41) is 10.2. The average molecular weight is 284 g/mol. The van der Waals surface area contributed by atoms with Crippen LogP contribution in [0.3, 0.4) is 0 Å². The van der Waals surface area contributed by atoms with E-state index in [4.69, 9.17) is 9.47 Å². The molecule has 1 aliphatic carbocycles. The lowest BCUT2D eigenvalue weighted by atomic mass is 9.64. The molecular weight excluding hydrogens is 260 g/mol. The molecule has 1 aliphatic rings. The number of hydrogen-bond acceptors (Lipinski definition) is 5. The molecule has 0 aromatic carbocycles. The fourth-order valence-electron chi connectivity index (χ4n) is 2.95. The van der Waals surface area contributed by atoms with Gasteiger partial charge in [-0.1, -0.05) is 18.6 Å². The third kappa shape index (κ3) is 3.03. The zero-order chi connectivity index (χ0) is 15.5. The number of ether oxygens (including phenoxy) is 2. The monoisotopic (exact) mass is 284 g/mol. The first-order valence-corrected chi connectivity index (χ1v) is 6.78. The molecule has 1 N–H and O–H groups in total. The molecule has 0 aromatic rings. The van der Waals surface area contributed by atoms with Gasteiger partial charge in [0.1, 0.15) is 0 Å². The topological polar surface area (TPSA) is 72.8 Å². The summed E-state index contributed by atoms with van der Waals surface area (Å²) < 4.78 is 9.56.